The first-order valence-electron chi connectivity index (χ1n) is 9.95. The molecule has 7 heteroatoms. The van der Waals surface area contributed by atoms with Gasteiger partial charge in [-0.3, -0.25) is 19.5 Å². The predicted octanol–water partition coefficient (Wildman–Crippen LogP) is 4.99. The molecule has 1 aromatic heterocycles. The van der Waals surface area contributed by atoms with Crippen LogP contribution < -0.4 is 9.64 Å². The number of amides is 1. The Balaban J connectivity index is 1.97. The third kappa shape index (κ3) is 3.63. The molecule has 1 aliphatic heterocycles. The van der Waals surface area contributed by atoms with E-state index in [2.05, 4.69) is 4.98 Å². The van der Waals surface area contributed by atoms with Crippen molar-refractivity contribution in [2.24, 2.45) is 0 Å². The third-order valence-corrected chi connectivity index (χ3v) is 5.76. The second-order valence-corrected chi connectivity index (χ2v) is 8.01. The van der Waals surface area contributed by atoms with Crippen LogP contribution in [0.1, 0.15) is 28.3 Å². The Kier molecular flexibility index (Phi) is 5.72. The zero-order valence-electron chi connectivity index (χ0n) is 17.8. The highest BCUT2D eigenvalue weighted by Crippen LogP contribution is 2.43. The Labute approximate surface area is 190 Å². The number of Topliss-reactive ketones (excluding diaryl/α,β-unsaturated/α-hetero) is 1. The summed E-state index contributed by atoms with van der Waals surface area (Å²) in [5.41, 5.74) is 3.01. The average molecular weight is 449 g/mol. The molecule has 162 valence electrons. The van der Waals surface area contributed by atoms with E-state index in [4.69, 9.17) is 16.3 Å². The largest absolute Gasteiger partial charge is 0.507 e. The van der Waals surface area contributed by atoms with Gasteiger partial charge < -0.3 is 9.84 Å². The van der Waals surface area contributed by atoms with Crippen molar-refractivity contribution in [2.75, 3.05) is 12.0 Å². The van der Waals surface area contributed by atoms with Gasteiger partial charge in [-0.2, -0.15) is 0 Å². The molecule has 6 nitrogen and oxygen atoms in total. The van der Waals surface area contributed by atoms with Crippen molar-refractivity contribution in [3.63, 3.8) is 0 Å². The summed E-state index contributed by atoms with van der Waals surface area (Å²) in [6.45, 7) is 3.65. The number of hydrogen-bond donors (Lipinski definition) is 1. The number of ketones is 1. The smallest absolute Gasteiger partial charge is 0.300 e. The average Bonchev–Trinajstić information content (AvgIpc) is 3.05. The normalized spacial score (nSPS) is 17.6. The molecule has 0 spiro atoms. The molecular weight excluding hydrogens is 428 g/mol. The Morgan fingerprint density at radius 3 is 2.53 bits per heavy atom. The monoisotopic (exact) mass is 448 g/mol. The van der Waals surface area contributed by atoms with Crippen LogP contribution in [-0.4, -0.2) is 28.9 Å². The van der Waals surface area contributed by atoms with Crippen LogP contribution in [0.15, 0.2) is 66.5 Å². The molecule has 0 bridgehead atoms. The van der Waals surface area contributed by atoms with Crippen LogP contribution in [0, 0.1) is 13.8 Å². The van der Waals surface area contributed by atoms with E-state index >= 15 is 0 Å². The summed E-state index contributed by atoms with van der Waals surface area (Å²) in [6.07, 6.45) is 3.18. The van der Waals surface area contributed by atoms with Crippen LogP contribution in [-0.2, 0) is 9.59 Å². The summed E-state index contributed by atoms with van der Waals surface area (Å²) in [5, 5.41) is 11.7. The fraction of sp³-hybridized carbons (Fsp3) is 0.160. The lowest BCUT2D eigenvalue weighted by atomic mass is 9.93. The Morgan fingerprint density at radius 2 is 1.88 bits per heavy atom. The Hall–Kier alpha value is -3.64. The summed E-state index contributed by atoms with van der Waals surface area (Å²) >= 11 is 6.15. The number of benzene rings is 2. The Morgan fingerprint density at radius 1 is 1.09 bits per heavy atom. The zero-order chi connectivity index (χ0) is 23.0. The quantitative estimate of drug-likeness (QED) is 0.345. The molecule has 0 aliphatic carbocycles. The van der Waals surface area contributed by atoms with Crippen molar-refractivity contribution < 1.29 is 19.4 Å². The molecule has 2 heterocycles. The van der Waals surface area contributed by atoms with E-state index in [1.807, 2.05) is 13.8 Å². The van der Waals surface area contributed by atoms with Crippen LogP contribution >= 0.6 is 11.6 Å². The van der Waals surface area contributed by atoms with Gasteiger partial charge in [0.25, 0.3) is 11.7 Å². The molecule has 1 aliphatic rings. The van der Waals surface area contributed by atoms with Gasteiger partial charge in [-0.05, 0) is 66.9 Å². The molecule has 4 rings (SSSR count). The highest BCUT2D eigenvalue weighted by Gasteiger charge is 2.47. The standard InChI is InChI=1S/C25H21ClN2O4/c1-14-11-20(32-3)15(2)10-19(14)23(29)21-22(16-6-5-9-27-13-16)28(25(31)24(21)30)18-8-4-7-17(26)12-18/h4-13,22,29H,1-3H3/b23-21+. The van der Waals surface area contributed by atoms with Crippen molar-refractivity contribution in [1.82, 2.24) is 4.98 Å². The summed E-state index contributed by atoms with van der Waals surface area (Å²) < 4.78 is 5.35. The van der Waals surface area contributed by atoms with Gasteiger partial charge in [-0.25, -0.2) is 0 Å². The van der Waals surface area contributed by atoms with E-state index in [0.29, 0.717) is 33.1 Å². The minimum Gasteiger partial charge on any atom is -0.507 e. The van der Waals surface area contributed by atoms with Crippen molar-refractivity contribution in [3.05, 3.63) is 93.8 Å². The topological polar surface area (TPSA) is 79.7 Å². The molecule has 1 atom stereocenters. The van der Waals surface area contributed by atoms with Crippen molar-refractivity contribution in [2.45, 2.75) is 19.9 Å². The Bertz CT molecular complexity index is 1250. The molecule has 0 saturated carbocycles. The van der Waals surface area contributed by atoms with E-state index in [1.165, 1.54) is 4.90 Å². The van der Waals surface area contributed by atoms with Gasteiger partial charge in [0.1, 0.15) is 11.5 Å². The lowest BCUT2D eigenvalue weighted by Crippen LogP contribution is -2.29. The van der Waals surface area contributed by atoms with E-state index in [0.717, 1.165) is 5.56 Å². The number of carbonyl (C=O) groups is 2. The second-order valence-electron chi connectivity index (χ2n) is 7.57. The van der Waals surface area contributed by atoms with E-state index < -0.39 is 17.7 Å². The molecule has 1 unspecified atom stereocenters. The number of aromatic nitrogens is 1. The fourth-order valence-electron chi connectivity index (χ4n) is 3.99. The first kappa shape index (κ1) is 21.6. The van der Waals surface area contributed by atoms with Crippen LogP contribution in [0.5, 0.6) is 5.75 Å². The number of methoxy groups -OCH3 is 1. The summed E-state index contributed by atoms with van der Waals surface area (Å²) in [7, 11) is 1.57. The minimum atomic E-state index is -0.857. The summed E-state index contributed by atoms with van der Waals surface area (Å²) in [5.74, 6) is -1.10. The highest BCUT2D eigenvalue weighted by atomic mass is 35.5. The fourth-order valence-corrected chi connectivity index (χ4v) is 4.17. The van der Waals surface area contributed by atoms with Gasteiger partial charge in [-0.1, -0.05) is 23.7 Å². The van der Waals surface area contributed by atoms with Gasteiger partial charge >= 0.3 is 0 Å². The van der Waals surface area contributed by atoms with E-state index in [-0.39, 0.29) is 11.3 Å². The number of ether oxygens (including phenoxy) is 1. The number of hydrogen-bond acceptors (Lipinski definition) is 5. The highest BCUT2D eigenvalue weighted by molar-refractivity contribution is 6.51. The van der Waals surface area contributed by atoms with Gasteiger partial charge in [0, 0.05) is 28.7 Å². The number of aryl methyl sites for hydroxylation is 2. The number of aliphatic hydroxyl groups is 1. The molecule has 1 fully saturated rings. The molecule has 32 heavy (non-hydrogen) atoms. The van der Waals surface area contributed by atoms with Crippen LogP contribution in [0.3, 0.4) is 0 Å². The van der Waals surface area contributed by atoms with Crippen LogP contribution in [0.2, 0.25) is 5.02 Å². The number of anilines is 1. The zero-order valence-corrected chi connectivity index (χ0v) is 18.6. The van der Waals surface area contributed by atoms with Crippen LogP contribution in [0.25, 0.3) is 5.76 Å². The van der Waals surface area contributed by atoms with Crippen molar-refractivity contribution >= 4 is 34.7 Å². The lowest BCUT2D eigenvalue weighted by molar-refractivity contribution is -0.132. The van der Waals surface area contributed by atoms with E-state index in [9.17, 15) is 14.7 Å². The first-order valence-corrected chi connectivity index (χ1v) is 10.3. The number of aliphatic hydroxyl groups excluding tert-OH is 1. The number of pyridine rings is 1. The van der Waals surface area contributed by atoms with Gasteiger partial charge in [0.2, 0.25) is 0 Å². The SMILES string of the molecule is COc1cc(C)c(/C(O)=C2\C(=O)C(=O)N(c3cccc(Cl)c3)C2c2cccnc2)cc1C. The maximum absolute atomic E-state index is 13.2. The maximum Gasteiger partial charge on any atom is 0.300 e. The summed E-state index contributed by atoms with van der Waals surface area (Å²) in [6, 6.07) is 12.9. The van der Waals surface area contributed by atoms with Gasteiger partial charge in [-0.15, -0.1) is 0 Å². The summed E-state index contributed by atoms with van der Waals surface area (Å²) in [4.78, 5) is 31.9. The van der Waals surface area contributed by atoms with Gasteiger partial charge in [0.05, 0.1) is 18.7 Å². The number of rotatable bonds is 4. The molecule has 1 saturated heterocycles. The predicted molar refractivity (Wildman–Crippen MR) is 123 cm³/mol. The molecule has 1 N–H and O–H groups in total. The number of nitrogens with zero attached hydrogens (tertiary/aromatic N) is 2. The molecule has 0 radical (unpaired) electrons. The van der Waals surface area contributed by atoms with Crippen molar-refractivity contribution in [1.29, 1.82) is 0 Å². The van der Waals surface area contributed by atoms with Crippen LogP contribution in [0.4, 0.5) is 5.69 Å². The minimum absolute atomic E-state index is 0.00403. The number of halogens is 1. The van der Waals surface area contributed by atoms with E-state index in [1.54, 1.807) is 68.0 Å². The second kappa shape index (κ2) is 8.48. The maximum atomic E-state index is 13.2. The molecule has 2 aromatic carbocycles. The lowest BCUT2D eigenvalue weighted by Gasteiger charge is -2.25. The third-order valence-electron chi connectivity index (χ3n) is 5.53. The van der Waals surface area contributed by atoms with Gasteiger partial charge in [0.15, 0.2) is 0 Å². The number of carbonyl (C=O) groups excluding carboxylic acids is 2. The first-order chi connectivity index (χ1) is 15.3. The molecular formula is C25H21ClN2O4. The molecule has 1 amide bonds. The molecule has 3 aromatic rings. The van der Waals surface area contributed by atoms with Crippen molar-refractivity contribution in [3.8, 4) is 5.75 Å².